The topological polar surface area (TPSA) is 114 Å². The third-order valence-electron chi connectivity index (χ3n) is 1.39. The minimum absolute atomic E-state index is 0. The largest absolute Gasteiger partial charge is 2.00 e. The first-order valence-electron chi connectivity index (χ1n) is 3.24. The van der Waals surface area contributed by atoms with Crippen LogP contribution < -0.4 is 0 Å². The first-order valence-corrected chi connectivity index (χ1v) is 6.05. The molecule has 6 nitrogen and oxygen atoms in total. The van der Waals surface area contributed by atoms with Crippen LogP contribution in [0.1, 0.15) is 0 Å². The summed E-state index contributed by atoms with van der Waals surface area (Å²) in [6.45, 7) is 0. The molecule has 0 atom stereocenters. The predicted molar refractivity (Wildman–Crippen MR) is 42.4 cm³/mol. The molecule has 0 N–H and O–H groups in total. The normalized spacial score (nSPS) is 11.9. The van der Waals surface area contributed by atoms with Gasteiger partial charge in [-0.3, -0.25) is 0 Å². The maximum absolute atomic E-state index is 10.5. The molecule has 1 radical (unpaired) electrons. The summed E-state index contributed by atoms with van der Waals surface area (Å²) in [7, 11) is -9.89. The van der Waals surface area contributed by atoms with Crippen molar-refractivity contribution in [2.75, 3.05) is 0 Å². The molecule has 1 aromatic rings. The first-order chi connectivity index (χ1) is 6.23. The van der Waals surface area contributed by atoms with E-state index in [-0.39, 0.29) is 17.1 Å². The van der Waals surface area contributed by atoms with Crippen molar-refractivity contribution in [1.29, 1.82) is 0 Å². The van der Waals surface area contributed by atoms with Gasteiger partial charge in [-0.1, -0.05) is 12.1 Å². The average molecular weight is 300 g/mol. The zero-order chi connectivity index (χ0) is 11.0. The van der Waals surface area contributed by atoms with E-state index in [9.17, 15) is 25.9 Å². The maximum Gasteiger partial charge on any atom is 2.00 e. The van der Waals surface area contributed by atoms with Gasteiger partial charge in [-0.25, -0.2) is 16.8 Å². The number of hydrogen-bond donors (Lipinski definition) is 0. The quantitative estimate of drug-likeness (QED) is 0.537. The first kappa shape index (κ1) is 14.6. The van der Waals surface area contributed by atoms with E-state index < -0.39 is 30.0 Å². The Morgan fingerprint density at radius 2 is 1.07 bits per heavy atom. The van der Waals surface area contributed by atoms with Gasteiger partial charge in [0.15, 0.2) is 0 Å². The fourth-order valence-corrected chi connectivity index (χ4v) is 2.59. The molecular formula is C6H4CuO6S2. The van der Waals surface area contributed by atoms with E-state index in [0.717, 1.165) is 24.3 Å². The second kappa shape index (κ2) is 4.60. The predicted octanol–water partition coefficient (Wildman–Crippen LogP) is -0.508. The monoisotopic (exact) mass is 299 g/mol. The second-order valence-electron chi connectivity index (χ2n) is 2.35. The summed E-state index contributed by atoms with van der Waals surface area (Å²) in [5.74, 6) is 0. The van der Waals surface area contributed by atoms with E-state index in [0.29, 0.717) is 0 Å². The average Bonchev–Trinajstić information content (AvgIpc) is 2.01. The van der Waals surface area contributed by atoms with E-state index in [4.69, 9.17) is 0 Å². The minimum atomic E-state index is -4.95. The van der Waals surface area contributed by atoms with Crippen LogP contribution in [0.5, 0.6) is 0 Å². The molecule has 0 spiro atoms. The third kappa shape index (κ3) is 3.56. The molecule has 0 aliphatic heterocycles. The van der Waals surface area contributed by atoms with Gasteiger partial charge in [0.25, 0.3) is 0 Å². The molecule has 0 heterocycles. The van der Waals surface area contributed by atoms with E-state index in [1.54, 1.807) is 0 Å². The van der Waals surface area contributed by atoms with Crippen molar-refractivity contribution in [3.63, 3.8) is 0 Å². The van der Waals surface area contributed by atoms with Gasteiger partial charge < -0.3 is 9.11 Å². The molecule has 15 heavy (non-hydrogen) atoms. The van der Waals surface area contributed by atoms with Gasteiger partial charge in [-0.2, -0.15) is 0 Å². The smallest absolute Gasteiger partial charge is 0.744 e. The van der Waals surface area contributed by atoms with Gasteiger partial charge in [-0.05, 0) is 12.1 Å². The molecule has 1 rings (SSSR count). The summed E-state index contributed by atoms with van der Waals surface area (Å²) in [5, 5.41) is 0. The van der Waals surface area contributed by atoms with Crippen molar-refractivity contribution in [2.45, 2.75) is 9.79 Å². The Morgan fingerprint density at radius 3 is 1.27 bits per heavy atom. The van der Waals surface area contributed by atoms with Gasteiger partial charge in [0.05, 0.1) is 9.79 Å². The van der Waals surface area contributed by atoms with Crippen LogP contribution >= 0.6 is 0 Å². The summed E-state index contributed by atoms with van der Waals surface area (Å²) in [6.07, 6.45) is 0. The molecule has 1 aromatic carbocycles. The maximum atomic E-state index is 10.5. The molecule has 9 heteroatoms. The Kier molecular flexibility index (Phi) is 4.47. The van der Waals surface area contributed by atoms with Crippen molar-refractivity contribution >= 4 is 20.2 Å². The van der Waals surface area contributed by atoms with E-state index >= 15 is 0 Å². The van der Waals surface area contributed by atoms with Crippen LogP contribution in [0.2, 0.25) is 0 Å². The fourth-order valence-electron chi connectivity index (χ4n) is 0.863. The summed E-state index contributed by atoms with van der Waals surface area (Å²) in [5.41, 5.74) is 0. The Balaban J connectivity index is 0.00000196. The van der Waals surface area contributed by atoms with Gasteiger partial charge >= 0.3 is 17.1 Å². The molecule has 0 amide bonds. The Labute approximate surface area is 97.3 Å². The van der Waals surface area contributed by atoms with Crippen LogP contribution in [-0.4, -0.2) is 25.9 Å². The van der Waals surface area contributed by atoms with Gasteiger partial charge in [0, 0.05) is 0 Å². The van der Waals surface area contributed by atoms with Crippen molar-refractivity contribution in [1.82, 2.24) is 0 Å². The van der Waals surface area contributed by atoms with E-state index in [1.165, 1.54) is 0 Å². The van der Waals surface area contributed by atoms with Crippen molar-refractivity contribution in [2.24, 2.45) is 0 Å². The van der Waals surface area contributed by atoms with Crippen LogP contribution in [0.3, 0.4) is 0 Å². The Bertz CT molecular complexity index is 496. The standard InChI is InChI=1S/C6H6O6S2.Cu/c7-13(8,9)5-3-1-2-4-6(5)14(10,11)12;/h1-4H,(H,7,8,9)(H,10,11,12);/q;+2/p-2. The molecule has 0 bridgehead atoms. The molecule has 0 saturated heterocycles. The summed E-state index contributed by atoms with van der Waals surface area (Å²) in [6, 6.07) is 3.85. The van der Waals surface area contributed by atoms with E-state index in [1.807, 2.05) is 0 Å². The van der Waals surface area contributed by atoms with Crippen LogP contribution in [0.4, 0.5) is 0 Å². The molecule has 0 fully saturated rings. The summed E-state index contributed by atoms with van der Waals surface area (Å²) < 4.78 is 63.2. The fraction of sp³-hybridized carbons (Fsp3) is 0. The molecular weight excluding hydrogens is 296 g/mol. The summed E-state index contributed by atoms with van der Waals surface area (Å²) >= 11 is 0. The van der Waals surface area contributed by atoms with Crippen LogP contribution in [0.15, 0.2) is 34.1 Å². The van der Waals surface area contributed by atoms with Crippen LogP contribution in [-0.2, 0) is 37.3 Å². The molecule has 0 aliphatic carbocycles. The molecule has 0 aromatic heterocycles. The van der Waals surface area contributed by atoms with Crippen molar-refractivity contribution < 1.29 is 43.0 Å². The van der Waals surface area contributed by atoms with Gasteiger partial charge in [0.1, 0.15) is 20.2 Å². The zero-order valence-corrected chi connectivity index (χ0v) is 9.45. The third-order valence-corrected chi connectivity index (χ3v) is 3.31. The summed E-state index contributed by atoms with van der Waals surface area (Å²) in [4.78, 5) is -2.04. The molecule has 0 unspecified atom stereocenters. The van der Waals surface area contributed by atoms with Crippen LogP contribution in [0, 0.1) is 0 Å². The number of hydrogen-bond acceptors (Lipinski definition) is 6. The zero-order valence-electron chi connectivity index (χ0n) is 6.88. The molecule has 87 valence electrons. The van der Waals surface area contributed by atoms with Gasteiger partial charge in [0.2, 0.25) is 0 Å². The number of benzene rings is 1. The molecule has 0 saturated carbocycles. The Morgan fingerprint density at radius 1 is 0.800 bits per heavy atom. The minimum Gasteiger partial charge on any atom is -0.744 e. The van der Waals surface area contributed by atoms with E-state index in [2.05, 4.69) is 0 Å². The van der Waals surface area contributed by atoms with Crippen molar-refractivity contribution in [3.05, 3.63) is 24.3 Å². The molecule has 0 aliphatic rings. The SMILES string of the molecule is O=S(=O)([O-])c1ccccc1S(=O)(=O)[O-].[Cu+2]. The van der Waals surface area contributed by atoms with Crippen molar-refractivity contribution in [3.8, 4) is 0 Å². The second-order valence-corrected chi connectivity index (χ2v) is 5.05. The Hall–Kier alpha value is -0.441. The van der Waals surface area contributed by atoms with Crippen LogP contribution in [0.25, 0.3) is 0 Å². The van der Waals surface area contributed by atoms with Gasteiger partial charge in [-0.15, -0.1) is 0 Å². The number of rotatable bonds is 2.